The van der Waals surface area contributed by atoms with Crippen molar-refractivity contribution in [3.63, 3.8) is 0 Å². The number of aromatic amines is 1. The summed E-state index contributed by atoms with van der Waals surface area (Å²) in [6, 6.07) is 23.0. The number of aromatic nitrogens is 1. The van der Waals surface area contributed by atoms with Crippen molar-refractivity contribution in [2.24, 2.45) is 0 Å². The molecule has 0 bridgehead atoms. The number of H-pyrrole nitrogens is 1. The fourth-order valence-corrected chi connectivity index (χ4v) is 4.33. The van der Waals surface area contributed by atoms with Crippen LogP contribution in [0.5, 0.6) is 5.75 Å². The summed E-state index contributed by atoms with van der Waals surface area (Å²) >= 11 is 0. The third-order valence-corrected chi connectivity index (χ3v) is 5.83. The summed E-state index contributed by atoms with van der Waals surface area (Å²) in [5, 5.41) is 12.1. The van der Waals surface area contributed by atoms with Gasteiger partial charge in [0.2, 0.25) is 0 Å². The quantitative estimate of drug-likeness (QED) is 0.255. The number of ketones is 1. The summed E-state index contributed by atoms with van der Waals surface area (Å²) in [7, 11) is 0. The van der Waals surface area contributed by atoms with E-state index in [-0.39, 0.29) is 11.3 Å². The standard InChI is InChI=1S/C27H22N2O4/c1-2-33-19-14-12-17(13-15-19)24-23(25(30)21-16-28-22-11-7-6-10-20(21)22)26(31)27(32)29(24)18-8-4-3-5-9-18/h3-16,24,28,30H,2H2,1H3/b25-23-. The molecule has 2 heterocycles. The molecule has 6 heteroatoms. The highest BCUT2D eigenvalue weighted by Crippen LogP contribution is 2.43. The highest BCUT2D eigenvalue weighted by atomic mass is 16.5. The van der Waals surface area contributed by atoms with Gasteiger partial charge < -0.3 is 14.8 Å². The monoisotopic (exact) mass is 438 g/mol. The lowest BCUT2D eigenvalue weighted by Crippen LogP contribution is -2.29. The van der Waals surface area contributed by atoms with Crippen molar-refractivity contribution < 1.29 is 19.4 Å². The Balaban J connectivity index is 1.72. The van der Waals surface area contributed by atoms with Crippen molar-refractivity contribution in [2.45, 2.75) is 13.0 Å². The Morgan fingerprint density at radius 2 is 1.67 bits per heavy atom. The first-order chi connectivity index (χ1) is 16.1. The number of amides is 1. The van der Waals surface area contributed by atoms with Gasteiger partial charge in [0.25, 0.3) is 11.7 Å². The van der Waals surface area contributed by atoms with E-state index in [0.29, 0.717) is 29.2 Å². The number of hydrogen-bond donors (Lipinski definition) is 2. The summed E-state index contributed by atoms with van der Waals surface area (Å²) in [5.74, 6) is -0.917. The maximum atomic E-state index is 13.3. The average Bonchev–Trinajstić information content (AvgIpc) is 3.39. The van der Waals surface area contributed by atoms with Crippen LogP contribution in [0, 0.1) is 0 Å². The SMILES string of the molecule is CCOc1ccc(C2/C(=C(/O)c3c[nH]c4ccccc34)C(=O)C(=O)N2c2ccccc2)cc1. The van der Waals surface area contributed by atoms with E-state index in [9.17, 15) is 14.7 Å². The maximum Gasteiger partial charge on any atom is 0.300 e. The van der Waals surface area contributed by atoms with Gasteiger partial charge >= 0.3 is 0 Å². The van der Waals surface area contributed by atoms with Crippen LogP contribution in [0.3, 0.4) is 0 Å². The molecule has 33 heavy (non-hydrogen) atoms. The highest BCUT2D eigenvalue weighted by molar-refractivity contribution is 6.51. The van der Waals surface area contributed by atoms with Crippen LogP contribution in [0.1, 0.15) is 24.1 Å². The molecule has 0 saturated carbocycles. The second-order valence-corrected chi connectivity index (χ2v) is 7.75. The lowest BCUT2D eigenvalue weighted by Gasteiger charge is -2.25. The second kappa shape index (κ2) is 8.31. The Morgan fingerprint density at radius 1 is 0.970 bits per heavy atom. The first-order valence-corrected chi connectivity index (χ1v) is 10.8. The number of nitrogens with one attached hydrogen (secondary N) is 1. The van der Waals surface area contributed by atoms with Gasteiger partial charge in [-0.2, -0.15) is 0 Å². The molecule has 1 aliphatic heterocycles. The van der Waals surface area contributed by atoms with E-state index in [0.717, 1.165) is 10.9 Å². The molecule has 1 fully saturated rings. The van der Waals surface area contributed by atoms with Gasteiger partial charge in [0, 0.05) is 28.4 Å². The number of carbonyl (C=O) groups excluding carboxylic acids is 2. The van der Waals surface area contributed by atoms with Crippen LogP contribution in [-0.2, 0) is 9.59 Å². The molecular formula is C27H22N2O4. The summed E-state index contributed by atoms with van der Waals surface area (Å²) in [6.07, 6.45) is 1.66. The molecule has 0 aliphatic carbocycles. The largest absolute Gasteiger partial charge is 0.507 e. The van der Waals surface area contributed by atoms with E-state index in [4.69, 9.17) is 4.74 Å². The fraction of sp³-hybridized carbons (Fsp3) is 0.111. The minimum Gasteiger partial charge on any atom is -0.507 e. The summed E-state index contributed by atoms with van der Waals surface area (Å²) in [5.41, 5.74) is 2.64. The van der Waals surface area contributed by atoms with Crippen molar-refractivity contribution in [3.8, 4) is 5.75 Å². The molecule has 0 spiro atoms. The number of fused-ring (bicyclic) bond motifs is 1. The van der Waals surface area contributed by atoms with Gasteiger partial charge in [-0.3, -0.25) is 14.5 Å². The number of para-hydroxylation sites is 2. The number of nitrogens with zero attached hydrogens (tertiary/aromatic N) is 1. The van der Waals surface area contributed by atoms with Crippen molar-refractivity contribution in [2.75, 3.05) is 11.5 Å². The Bertz CT molecular complexity index is 1370. The maximum absolute atomic E-state index is 13.3. The molecule has 1 amide bonds. The first kappa shape index (κ1) is 20.6. The molecule has 3 aromatic carbocycles. The van der Waals surface area contributed by atoms with Crippen molar-refractivity contribution in [1.29, 1.82) is 0 Å². The van der Waals surface area contributed by atoms with Crippen LogP contribution >= 0.6 is 0 Å². The average molecular weight is 438 g/mol. The number of aliphatic hydroxyl groups excluding tert-OH is 1. The molecule has 5 rings (SSSR count). The zero-order valence-electron chi connectivity index (χ0n) is 18.0. The van der Waals surface area contributed by atoms with E-state index in [1.807, 2.05) is 61.5 Å². The number of benzene rings is 3. The fourth-order valence-electron chi connectivity index (χ4n) is 4.33. The molecule has 1 unspecified atom stereocenters. The molecular weight excluding hydrogens is 416 g/mol. The van der Waals surface area contributed by atoms with E-state index >= 15 is 0 Å². The topological polar surface area (TPSA) is 82.6 Å². The Kier molecular flexibility index (Phi) is 5.18. The van der Waals surface area contributed by atoms with E-state index in [1.165, 1.54) is 4.90 Å². The Morgan fingerprint density at radius 3 is 2.39 bits per heavy atom. The zero-order chi connectivity index (χ0) is 22.9. The van der Waals surface area contributed by atoms with Gasteiger partial charge in [0.05, 0.1) is 18.2 Å². The summed E-state index contributed by atoms with van der Waals surface area (Å²) in [4.78, 5) is 31.0. The third kappa shape index (κ3) is 3.46. The Labute approximate surface area is 190 Å². The molecule has 0 radical (unpaired) electrons. The zero-order valence-corrected chi connectivity index (χ0v) is 18.0. The number of carbonyl (C=O) groups is 2. The van der Waals surface area contributed by atoms with Crippen LogP contribution in [0.25, 0.3) is 16.7 Å². The number of ether oxygens (including phenoxy) is 1. The van der Waals surface area contributed by atoms with Crippen molar-refractivity contribution >= 4 is 34.0 Å². The van der Waals surface area contributed by atoms with Crippen LogP contribution in [-0.4, -0.2) is 28.4 Å². The van der Waals surface area contributed by atoms with Crippen molar-refractivity contribution in [1.82, 2.24) is 4.98 Å². The van der Waals surface area contributed by atoms with Crippen LogP contribution in [0.4, 0.5) is 5.69 Å². The van der Waals surface area contributed by atoms with Crippen molar-refractivity contribution in [3.05, 3.63) is 102 Å². The van der Waals surface area contributed by atoms with Crippen LogP contribution < -0.4 is 9.64 Å². The van der Waals surface area contributed by atoms with Gasteiger partial charge in [-0.15, -0.1) is 0 Å². The predicted molar refractivity (Wildman–Crippen MR) is 127 cm³/mol. The van der Waals surface area contributed by atoms with E-state index in [2.05, 4.69) is 4.98 Å². The van der Waals surface area contributed by atoms with E-state index in [1.54, 1.807) is 30.5 Å². The van der Waals surface area contributed by atoms with Crippen LogP contribution in [0.15, 0.2) is 90.6 Å². The number of aliphatic hydroxyl groups is 1. The van der Waals surface area contributed by atoms with Gasteiger partial charge in [-0.1, -0.05) is 48.5 Å². The predicted octanol–water partition coefficient (Wildman–Crippen LogP) is 5.19. The van der Waals surface area contributed by atoms with Gasteiger partial charge in [-0.05, 0) is 42.8 Å². The number of Topliss-reactive ketones (excluding diaryl/α,β-unsaturated/α-hetero) is 1. The lowest BCUT2D eigenvalue weighted by atomic mass is 9.95. The molecule has 2 N–H and O–H groups in total. The molecule has 164 valence electrons. The van der Waals surface area contributed by atoms with Gasteiger partial charge in [-0.25, -0.2) is 0 Å². The number of anilines is 1. The summed E-state index contributed by atoms with van der Waals surface area (Å²) in [6.45, 7) is 2.43. The van der Waals surface area contributed by atoms with Crippen LogP contribution in [0.2, 0.25) is 0 Å². The highest BCUT2D eigenvalue weighted by Gasteiger charge is 2.47. The Hall–Kier alpha value is -4.32. The summed E-state index contributed by atoms with van der Waals surface area (Å²) < 4.78 is 5.55. The molecule has 6 nitrogen and oxygen atoms in total. The van der Waals surface area contributed by atoms with E-state index < -0.39 is 17.7 Å². The second-order valence-electron chi connectivity index (χ2n) is 7.75. The number of hydrogen-bond acceptors (Lipinski definition) is 4. The molecule has 1 aliphatic rings. The minimum absolute atomic E-state index is 0.0535. The molecule has 1 aromatic heterocycles. The molecule has 1 saturated heterocycles. The van der Waals surface area contributed by atoms with Gasteiger partial charge in [0.1, 0.15) is 11.5 Å². The third-order valence-electron chi connectivity index (χ3n) is 5.83. The smallest absolute Gasteiger partial charge is 0.300 e. The first-order valence-electron chi connectivity index (χ1n) is 10.8. The molecule has 1 atom stereocenters. The van der Waals surface area contributed by atoms with Gasteiger partial charge in [0.15, 0.2) is 0 Å². The molecule has 4 aromatic rings. The normalized spacial score (nSPS) is 17.6. The number of rotatable bonds is 5. The minimum atomic E-state index is -0.781. The lowest BCUT2D eigenvalue weighted by molar-refractivity contribution is -0.132.